The number of cyclic esters (lactones) is 2. The zero-order chi connectivity index (χ0) is 13.3. The van der Waals surface area contributed by atoms with Crippen molar-refractivity contribution in [2.24, 2.45) is 5.92 Å². The maximum absolute atomic E-state index is 12.2. The number of amides is 2. The smallest absolute Gasteiger partial charge is 0.374 e. The molecule has 1 atom stereocenters. The van der Waals surface area contributed by atoms with Gasteiger partial charge < -0.3 is 4.74 Å². The quantitative estimate of drug-likeness (QED) is 0.590. The molecule has 1 aliphatic rings. The highest BCUT2D eigenvalue weighted by atomic mass is 16.6. The highest BCUT2D eigenvalue weighted by Gasteiger charge is 2.46. The number of imide groups is 1. The molecule has 0 aliphatic carbocycles. The molecule has 0 bridgehead atoms. The summed E-state index contributed by atoms with van der Waals surface area (Å²) in [4.78, 5) is 36.2. The molecule has 1 saturated heterocycles. The van der Waals surface area contributed by atoms with E-state index < -0.39 is 24.0 Å². The molecule has 1 heterocycles. The van der Waals surface area contributed by atoms with Gasteiger partial charge in [0.15, 0.2) is 0 Å². The molecule has 5 nitrogen and oxygen atoms in total. The average Bonchev–Trinajstić information content (AvgIpc) is 2.64. The first-order valence-electron chi connectivity index (χ1n) is 5.66. The summed E-state index contributed by atoms with van der Waals surface area (Å²) in [5.41, 5.74) is 0.356. The number of benzene rings is 1. The Labute approximate surface area is 104 Å². The standard InChI is InChI=1S/C13H13NO4/c1-8(2)10-12(16)18-13(17)14(10)11(15)9-6-4-3-5-7-9/h3-8,10H,1-2H3/t10-/m0/s1. The Morgan fingerprint density at radius 3 is 2.39 bits per heavy atom. The fourth-order valence-electron chi connectivity index (χ4n) is 1.91. The van der Waals surface area contributed by atoms with Crippen LogP contribution in [0.4, 0.5) is 4.79 Å². The number of ether oxygens (including phenoxy) is 1. The molecule has 94 valence electrons. The first-order chi connectivity index (χ1) is 8.52. The Morgan fingerprint density at radius 2 is 1.83 bits per heavy atom. The van der Waals surface area contributed by atoms with Gasteiger partial charge in [0.2, 0.25) is 0 Å². The molecule has 1 aliphatic heterocycles. The second-order valence-electron chi connectivity index (χ2n) is 4.42. The summed E-state index contributed by atoms with van der Waals surface area (Å²) in [6, 6.07) is 7.50. The Kier molecular flexibility index (Phi) is 3.14. The third kappa shape index (κ3) is 1.99. The van der Waals surface area contributed by atoms with Crippen LogP contribution in [0.15, 0.2) is 30.3 Å². The lowest BCUT2D eigenvalue weighted by Gasteiger charge is -2.20. The van der Waals surface area contributed by atoms with Gasteiger partial charge in [-0.3, -0.25) is 4.79 Å². The van der Waals surface area contributed by atoms with Gasteiger partial charge >= 0.3 is 12.1 Å². The lowest BCUT2D eigenvalue weighted by Crippen LogP contribution is -2.43. The SMILES string of the molecule is CC(C)[C@H]1C(=O)OC(=O)N1C(=O)c1ccccc1. The topological polar surface area (TPSA) is 63.7 Å². The van der Waals surface area contributed by atoms with Crippen molar-refractivity contribution >= 4 is 18.0 Å². The summed E-state index contributed by atoms with van der Waals surface area (Å²) in [5.74, 6) is -1.36. The molecule has 2 amide bonds. The Balaban J connectivity index is 2.34. The predicted molar refractivity (Wildman–Crippen MR) is 62.7 cm³/mol. The van der Waals surface area contributed by atoms with E-state index >= 15 is 0 Å². The average molecular weight is 247 g/mol. The zero-order valence-corrected chi connectivity index (χ0v) is 10.1. The van der Waals surface area contributed by atoms with Gasteiger partial charge in [-0.1, -0.05) is 32.0 Å². The maximum atomic E-state index is 12.2. The van der Waals surface area contributed by atoms with Crippen molar-refractivity contribution in [3.63, 3.8) is 0 Å². The van der Waals surface area contributed by atoms with E-state index in [9.17, 15) is 14.4 Å². The Hall–Kier alpha value is -2.17. The first-order valence-corrected chi connectivity index (χ1v) is 5.66. The molecule has 0 radical (unpaired) electrons. The number of rotatable bonds is 2. The van der Waals surface area contributed by atoms with E-state index in [-0.39, 0.29) is 5.92 Å². The molecule has 1 fully saturated rings. The third-order valence-electron chi connectivity index (χ3n) is 2.78. The lowest BCUT2D eigenvalue weighted by molar-refractivity contribution is -0.136. The number of carbonyl (C=O) groups excluding carboxylic acids is 3. The van der Waals surface area contributed by atoms with Crippen molar-refractivity contribution in [3.05, 3.63) is 35.9 Å². The van der Waals surface area contributed by atoms with Crippen LogP contribution in [0.5, 0.6) is 0 Å². The summed E-state index contributed by atoms with van der Waals surface area (Å²) in [7, 11) is 0. The number of esters is 1. The zero-order valence-electron chi connectivity index (χ0n) is 10.1. The van der Waals surface area contributed by atoms with Crippen LogP contribution in [0.1, 0.15) is 24.2 Å². The molecule has 0 spiro atoms. The van der Waals surface area contributed by atoms with E-state index in [2.05, 4.69) is 4.74 Å². The van der Waals surface area contributed by atoms with E-state index in [1.165, 1.54) is 0 Å². The van der Waals surface area contributed by atoms with Crippen LogP contribution < -0.4 is 0 Å². The minimum absolute atomic E-state index is 0.184. The molecule has 0 aromatic heterocycles. The highest BCUT2D eigenvalue weighted by molar-refractivity contribution is 6.11. The molecular formula is C13H13NO4. The second-order valence-corrected chi connectivity index (χ2v) is 4.42. The molecule has 0 N–H and O–H groups in total. The van der Waals surface area contributed by atoms with Crippen LogP contribution in [-0.2, 0) is 9.53 Å². The van der Waals surface area contributed by atoms with Gasteiger partial charge in [0, 0.05) is 5.56 Å². The van der Waals surface area contributed by atoms with Crippen LogP contribution in [-0.4, -0.2) is 28.9 Å². The minimum Gasteiger partial charge on any atom is -0.374 e. The molecule has 1 aromatic carbocycles. The van der Waals surface area contributed by atoms with Crippen molar-refractivity contribution < 1.29 is 19.1 Å². The summed E-state index contributed by atoms with van der Waals surface area (Å²) in [5, 5.41) is 0. The maximum Gasteiger partial charge on any atom is 0.425 e. The molecule has 0 unspecified atom stereocenters. The number of carbonyl (C=O) groups is 3. The Morgan fingerprint density at radius 1 is 1.22 bits per heavy atom. The minimum atomic E-state index is -0.896. The normalized spacial score (nSPS) is 19.3. The van der Waals surface area contributed by atoms with Gasteiger partial charge in [-0.25, -0.2) is 14.5 Å². The summed E-state index contributed by atoms with van der Waals surface area (Å²) in [6.07, 6.45) is -0.896. The van der Waals surface area contributed by atoms with Crippen molar-refractivity contribution in [3.8, 4) is 0 Å². The van der Waals surface area contributed by atoms with Crippen molar-refractivity contribution in [2.75, 3.05) is 0 Å². The summed E-state index contributed by atoms with van der Waals surface area (Å²) in [6.45, 7) is 3.52. The largest absolute Gasteiger partial charge is 0.425 e. The predicted octanol–water partition coefficient (Wildman–Crippen LogP) is 1.83. The first kappa shape index (κ1) is 12.3. The molecule has 2 rings (SSSR count). The third-order valence-corrected chi connectivity index (χ3v) is 2.78. The summed E-state index contributed by atoms with van der Waals surface area (Å²) >= 11 is 0. The molecule has 18 heavy (non-hydrogen) atoms. The van der Waals surface area contributed by atoms with E-state index in [1.807, 2.05) is 0 Å². The van der Waals surface area contributed by atoms with E-state index in [4.69, 9.17) is 0 Å². The van der Waals surface area contributed by atoms with Gasteiger partial charge in [0.05, 0.1) is 0 Å². The van der Waals surface area contributed by atoms with E-state index in [0.717, 1.165) is 4.90 Å². The monoisotopic (exact) mass is 247 g/mol. The van der Waals surface area contributed by atoms with E-state index in [1.54, 1.807) is 44.2 Å². The van der Waals surface area contributed by atoms with Crippen LogP contribution in [0.25, 0.3) is 0 Å². The number of hydrogen-bond donors (Lipinski definition) is 0. The fourth-order valence-corrected chi connectivity index (χ4v) is 1.91. The van der Waals surface area contributed by atoms with Gasteiger partial charge in [-0.05, 0) is 18.1 Å². The molecule has 0 saturated carbocycles. The van der Waals surface area contributed by atoms with Gasteiger partial charge in [0.25, 0.3) is 5.91 Å². The number of hydrogen-bond acceptors (Lipinski definition) is 4. The van der Waals surface area contributed by atoms with Crippen LogP contribution in [0.3, 0.4) is 0 Å². The van der Waals surface area contributed by atoms with Crippen molar-refractivity contribution in [1.29, 1.82) is 0 Å². The van der Waals surface area contributed by atoms with Crippen molar-refractivity contribution in [2.45, 2.75) is 19.9 Å². The van der Waals surface area contributed by atoms with Crippen LogP contribution in [0, 0.1) is 5.92 Å². The lowest BCUT2D eigenvalue weighted by atomic mass is 10.0. The highest BCUT2D eigenvalue weighted by Crippen LogP contribution is 2.23. The van der Waals surface area contributed by atoms with Gasteiger partial charge in [0.1, 0.15) is 6.04 Å². The second kappa shape index (κ2) is 4.60. The molecule has 5 heteroatoms. The fraction of sp³-hybridized carbons (Fsp3) is 0.308. The van der Waals surface area contributed by atoms with Gasteiger partial charge in [-0.15, -0.1) is 0 Å². The van der Waals surface area contributed by atoms with Gasteiger partial charge in [-0.2, -0.15) is 0 Å². The Bertz CT molecular complexity index is 495. The molecule has 1 aromatic rings. The van der Waals surface area contributed by atoms with Crippen LogP contribution in [0.2, 0.25) is 0 Å². The number of nitrogens with zero attached hydrogens (tertiary/aromatic N) is 1. The molecular weight excluding hydrogens is 234 g/mol. The summed E-state index contributed by atoms with van der Waals surface area (Å²) < 4.78 is 4.52. The van der Waals surface area contributed by atoms with Crippen molar-refractivity contribution in [1.82, 2.24) is 4.90 Å². The van der Waals surface area contributed by atoms with Crippen LogP contribution >= 0.6 is 0 Å². The van der Waals surface area contributed by atoms with E-state index in [0.29, 0.717) is 5.56 Å².